The molecule has 2 rings (SSSR count). The Bertz CT molecular complexity index is 737. The minimum atomic E-state index is -0.742. The normalized spacial score (nSPS) is 9.80. The highest BCUT2D eigenvalue weighted by atomic mass is 35.5. The number of hydrogen-bond acceptors (Lipinski definition) is 6. The summed E-state index contributed by atoms with van der Waals surface area (Å²) in [5.41, 5.74) is 4.31. The van der Waals surface area contributed by atoms with Gasteiger partial charge in [-0.25, -0.2) is 9.78 Å². The van der Waals surface area contributed by atoms with Gasteiger partial charge in [-0.1, -0.05) is 17.7 Å². The molecule has 0 aliphatic rings. The summed E-state index contributed by atoms with van der Waals surface area (Å²) in [6.45, 7) is -0.872. The highest BCUT2D eigenvalue weighted by Gasteiger charge is 2.11. The molecule has 130 valence electrons. The topological polar surface area (TPSA) is 107 Å². The van der Waals surface area contributed by atoms with Gasteiger partial charge in [-0.2, -0.15) is 0 Å². The Morgan fingerprint density at radius 3 is 2.28 bits per heavy atom. The van der Waals surface area contributed by atoms with Crippen LogP contribution in [0.15, 0.2) is 48.7 Å². The third-order valence-electron chi connectivity index (χ3n) is 2.73. The van der Waals surface area contributed by atoms with E-state index in [-0.39, 0.29) is 12.3 Å². The summed E-state index contributed by atoms with van der Waals surface area (Å²) in [6, 6.07) is 11.2. The molecule has 1 aromatic heterocycles. The first-order valence-electron chi connectivity index (χ1n) is 7.09. The number of benzene rings is 1. The van der Waals surface area contributed by atoms with Crippen LogP contribution >= 0.6 is 11.6 Å². The van der Waals surface area contributed by atoms with Crippen molar-refractivity contribution in [3.63, 3.8) is 0 Å². The van der Waals surface area contributed by atoms with Crippen LogP contribution < -0.4 is 15.6 Å². The molecule has 2 aromatic rings. The number of halogens is 1. The lowest BCUT2D eigenvalue weighted by atomic mass is 10.3. The minimum Gasteiger partial charge on any atom is -0.484 e. The van der Waals surface area contributed by atoms with E-state index in [4.69, 9.17) is 21.1 Å². The minimum absolute atomic E-state index is 0.0794. The molecule has 8 nitrogen and oxygen atoms in total. The molecule has 1 heterocycles. The number of carbonyl (C=O) groups is 3. The second-order valence-corrected chi connectivity index (χ2v) is 5.07. The molecule has 2 amide bonds. The summed E-state index contributed by atoms with van der Waals surface area (Å²) in [7, 11) is 0. The van der Waals surface area contributed by atoms with E-state index in [2.05, 4.69) is 15.8 Å². The lowest BCUT2D eigenvalue weighted by Crippen LogP contribution is -2.45. The molecule has 0 radical (unpaired) electrons. The number of aromatic nitrogens is 1. The maximum atomic E-state index is 11.6. The molecule has 0 bridgehead atoms. The predicted molar refractivity (Wildman–Crippen MR) is 87.8 cm³/mol. The standard InChI is InChI=1S/C16H14ClN3O5/c17-11-4-6-12(7-5-11)24-9-14(21)19-20-15(22)10-25-16(23)13-3-1-2-8-18-13/h1-8H,9-10H2,(H,19,21)(H,20,22). The second kappa shape index (κ2) is 9.24. The molecule has 0 aliphatic heterocycles. The van der Waals surface area contributed by atoms with Crippen molar-refractivity contribution in [1.29, 1.82) is 0 Å². The van der Waals surface area contributed by atoms with Crippen molar-refractivity contribution in [1.82, 2.24) is 15.8 Å². The van der Waals surface area contributed by atoms with E-state index in [0.717, 1.165) is 0 Å². The number of ether oxygens (including phenoxy) is 2. The largest absolute Gasteiger partial charge is 0.484 e. The van der Waals surface area contributed by atoms with Crippen molar-refractivity contribution in [2.24, 2.45) is 0 Å². The van der Waals surface area contributed by atoms with Gasteiger partial charge in [0.15, 0.2) is 13.2 Å². The Morgan fingerprint density at radius 2 is 1.64 bits per heavy atom. The fraction of sp³-hybridized carbons (Fsp3) is 0.125. The summed E-state index contributed by atoms with van der Waals surface area (Å²) in [4.78, 5) is 38.4. The van der Waals surface area contributed by atoms with Gasteiger partial charge in [-0.05, 0) is 36.4 Å². The highest BCUT2D eigenvalue weighted by Crippen LogP contribution is 2.15. The molecule has 25 heavy (non-hydrogen) atoms. The third kappa shape index (κ3) is 6.48. The number of pyridine rings is 1. The zero-order valence-corrected chi connectivity index (χ0v) is 13.7. The van der Waals surface area contributed by atoms with Crippen LogP contribution in [0.3, 0.4) is 0 Å². The summed E-state index contributed by atoms with van der Waals surface area (Å²) < 4.78 is 9.95. The Morgan fingerprint density at radius 1 is 0.960 bits per heavy atom. The zero-order chi connectivity index (χ0) is 18.1. The molecule has 0 spiro atoms. The van der Waals surface area contributed by atoms with E-state index in [1.54, 1.807) is 36.4 Å². The number of esters is 1. The number of carbonyl (C=O) groups excluding carboxylic acids is 3. The van der Waals surface area contributed by atoms with Crippen molar-refractivity contribution in [3.05, 3.63) is 59.4 Å². The highest BCUT2D eigenvalue weighted by molar-refractivity contribution is 6.30. The molecular weight excluding hydrogens is 350 g/mol. The molecule has 0 unspecified atom stereocenters. The van der Waals surface area contributed by atoms with E-state index in [1.165, 1.54) is 12.3 Å². The van der Waals surface area contributed by atoms with Crippen LogP contribution in [0, 0.1) is 0 Å². The second-order valence-electron chi connectivity index (χ2n) is 4.63. The SMILES string of the molecule is O=C(COC(=O)c1ccccn1)NNC(=O)COc1ccc(Cl)cc1. The fourth-order valence-electron chi connectivity index (χ4n) is 1.58. The Balaban J connectivity index is 1.64. The average molecular weight is 364 g/mol. The van der Waals surface area contributed by atoms with Gasteiger partial charge in [0, 0.05) is 11.2 Å². The molecular formula is C16H14ClN3O5. The summed E-state index contributed by atoms with van der Waals surface area (Å²) in [6.07, 6.45) is 1.43. The number of amides is 2. The monoisotopic (exact) mass is 363 g/mol. The fourth-order valence-corrected chi connectivity index (χ4v) is 1.71. The smallest absolute Gasteiger partial charge is 0.357 e. The number of nitrogens with one attached hydrogen (secondary N) is 2. The van der Waals surface area contributed by atoms with Gasteiger partial charge >= 0.3 is 5.97 Å². The first-order chi connectivity index (χ1) is 12.0. The molecule has 0 saturated heterocycles. The molecule has 2 N–H and O–H groups in total. The van der Waals surface area contributed by atoms with Crippen molar-refractivity contribution in [3.8, 4) is 5.75 Å². The first kappa shape index (κ1) is 18.2. The third-order valence-corrected chi connectivity index (χ3v) is 2.99. The Kier molecular flexibility index (Phi) is 6.73. The Labute approximate surface area is 148 Å². The van der Waals surface area contributed by atoms with E-state index >= 15 is 0 Å². The van der Waals surface area contributed by atoms with E-state index in [1.807, 2.05) is 0 Å². The van der Waals surface area contributed by atoms with Crippen LogP contribution in [0.5, 0.6) is 5.75 Å². The van der Waals surface area contributed by atoms with Crippen LogP contribution in [0.25, 0.3) is 0 Å². The molecule has 1 aromatic carbocycles. The van der Waals surface area contributed by atoms with Gasteiger partial charge < -0.3 is 9.47 Å². The maximum Gasteiger partial charge on any atom is 0.357 e. The van der Waals surface area contributed by atoms with E-state index in [9.17, 15) is 14.4 Å². The van der Waals surface area contributed by atoms with Crippen LogP contribution in [-0.4, -0.2) is 36.0 Å². The van der Waals surface area contributed by atoms with Crippen molar-refractivity contribution in [2.45, 2.75) is 0 Å². The van der Waals surface area contributed by atoms with Gasteiger partial charge in [-0.15, -0.1) is 0 Å². The molecule has 0 aliphatic carbocycles. The van der Waals surface area contributed by atoms with Gasteiger partial charge in [0.1, 0.15) is 11.4 Å². The van der Waals surface area contributed by atoms with E-state index < -0.39 is 24.4 Å². The molecule has 0 atom stereocenters. The maximum absolute atomic E-state index is 11.6. The average Bonchev–Trinajstić information content (AvgIpc) is 2.64. The summed E-state index contributed by atoms with van der Waals surface area (Å²) in [5.74, 6) is -1.58. The molecule has 0 saturated carbocycles. The first-order valence-corrected chi connectivity index (χ1v) is 7.46. The van der Waals surface area contributed by atoms with Gasteiger partial charge in [-0.3, -0.25) is 20.4 Å². The van der Waals surface area contributed by atoms with Crippen LogP contribution in [0.4, 0.5) is 0 Å². The summed E-state index contributed by atoms with van der Waals surface area (Å²) >= 11 is 5.73. The number of hydrazine groups is 1. The lowest BCUT2D eigenvalue weighted by Gasteiger charge is -2.09. The quantitative estimate of drug-likeness (QED) is 0.588. The van der Waals surface area contributed by atoms with Crippen molar-refractivity contribution < 1.29 is 23.9 Å². The van der Waals surface area contributed by atoms with Crippen molar-refractivity contribution >= 4 is 29.4 Å². The van der Waals surface area contributed by atoms with Gasteiger partial charge in [0.2, 0.25) is 0 Å². The molecule has 0 fully saturated rings. The number of nitrogens with zero attached hydrogens (tertiary/aromatic N) is 1. The Hall–Kier alpha value is -3.13. The predicted octanol–water partition coefficient (Wildman–Crippen LogP) is 1.12. The number of rotatable bonds is 6. The molecule has 9 heteroatoms. The van der Waals surface area contributed by atoms with Crippen LogP contribution in [0.2, 0.25) is 5.02 Å². The van der Waals surface area contributed by atoms with Gasteiger partial charge in [0.05, 0.1) is 0 Å². The van der Waals surface area contributed by atoms with Crippen LogP contribution in [-0.2, 0) is 14.3 Å². The van der Waals surface area contributed by atoms with Gasteiger partial charge in [0.25, 0.3) is 11.8 Å². The zero-order valence-electron chi connectivity index (χ0n) is 12.9. The number of hydrogen-bond donors (Lipinski definition) is 2. The lowest BCUT2D eigenvalue weighted by molar-refractivity contribution is -0.131. The van der Waals surface area contributed by atoms with Crippen molar-refractivity contribution in [2.75, 3.05) is 13.2 Å². The van der Waals surface area contributed by atoms with E-state index in [0.29, 0.717) is 10.8 Å². The summed E-state index contributed by atoms with van der Waals surface area (Å²) in [5, 5.41) is 0.546. The van der Waals surface area contributed by atoms with Crippen LogP contribution in [0.1, 0.15) is 10.5 Å².